The molecule has 1 aromatic carbocycles. The van der Waals surface area contributed by atoms with E-state index in [4.69, 9.17) is 4.74 Å². The largest absolute Gasteiger partial charge is 0.387 e. The summed E-state index contributed by atoms with van der Waals surface area (Å²) >= 11 is 0. The summed E-state index contributed by atoms with van der Waals surface area (Å²) < 4.78 is 33.4. The lowest BCUT2D eigenvalue weighted by Crippen LogP contribution is -2.47. The Kier molecular flexibility index (Phi) is 8.73. The summed E-state index contributed by atoms with van der Waals surface area (Å²) in [5, 5.41) is 10.7. The van der Waals surface area contributed by atoms with Crippen molar-refractivity contribution in [2.75, 3.05) is 13.2 Å². The second-order valence-corrected chi connectivity index (χ2v) is 15.9. The van der Waals surface area contributed by atoms with E-state index in [2.05, 4.69) is 19.9 Å². The fourth-order valence-electron chi connectivity index (χ4n) is 9.59. The third kappa shape index (κ3) is 5.54. The zero-order valence-corrected chi connectivity index (χ0v) is 25.6. The zero-order valence-electron chi connectivity index (χ0n) is 24.8. The highest BCUT2D eigenvalue weighted by molar-refractivity contribution is 7.92. The average Bonchev–Trinajstić information content (AvgIpc) is 3.52. The summed E-state index contributed by atoms with van der Waals surface area (Å²) in [6.07, 6.45) is 14.3. The maximum Gasteiger partial charge on any atom is 0.181 e. The van der Waals surface area contributed by atoms with E-state index in [-0.39, 0.29) is 18.4 Å². The van der Waals surface area contributed by atoms with E-state index in [1.54, 1.807) is 17.7 Å². The van der Waals surface area contributed by atoms with Crippen LogP contribution in [0.1, 0.15) is 98.3 Å². The Labute approximate surface area is 237 Å². The Bertz CT molecular complexity index is 1110. The van der Waals surface area contributed by atoms with Crippen LogP contribution in [-0.4, -0.2) is 37.6 Å². The summed E-state index contributed by atoms with van der Waals surface area (Å²) in [5.41, 5.74) is 0.929. The number of benzene rings is 1. The molecule has 1 heterocycles. The monoisotopic (exact) mass is 556 g/mol. The van der Waals surface area contributed by atoms with Crippen LogP contribution in [0.2, 0.25) is 0 Å². The van der Waals surface area contributed by atoms with Gasteiger partial charge in [0.25, 0.3) is 0 Å². The molecule has 1 aliphatic heterocycles. The normalized spacial score (nSPS) is 40.4. The molecule has 0 spiro atoms. The predicted molar refractivity (Wildman–Crippen MR) is 158 cm³/mol. The maximum absolute atomic E-state index is 14.0. The van der Waals surface area contributed by atoms with Gasteiger partial charge in [0.15, 0.2) is 9.84 Å². The highest BCUT2D eigenvalue weighted by atomic mass is 32.2. The molecule has 5 heteroatoms. The van der Waals surface area contributed by atoms with E-state index in [1.165, 1.54) is 44.9 Å². The van der Waals surface area contributed by atoms with Crippen molar-refractivity contribution >= 4 is 9.84 Å². The minimum atomic E-state index is -3.55. The highest BCUT2D eigenvalue weighted by Crippen LogP contribution is 2.64. The van der Waals surface area contributed by atoms with Gasteiger partial charge in [-0.3, -0.25) is 0 Å². The number of hydrogen-bond donors (Lipinski definition) is 1. The Balaban J connectivity index is 0.00000151. The molecule has 9 unspecified atom stereocenters. The molecule has 1 N–H and O–H groups in total. The van der Waals surface area contributed by atoms with Gasteiger partial charge in [-0.05, 0) is 117 Å². The SMILES string of the molecule is CC.CC1CCC2C(=CCC3C2CCC2(C)C(CC(CC4(O)CCOC4)S(=O)(=O)c4ccccc4)CCC32)C1. The van der Waals surface area contributed by atoms with E-state index >= 15 is 0 Å². The lowest BCUT2D eigenvalue weighted by molar-refractivity contribution is -0.0188. The summed E-state index contributed by atoms with van der Waals surface area (Å²) in [6, 6.07) is 8.92. The number of ether oxygens (including phenoxy) is 1. The van der Waals surface area contributed by atoms with E-state index in [0.29, 0.717) is 36.2 Å². The third-order valence-electron chi connectivity index (χ3n) is 11.6. The van der Waals surface area contributed by atoms with E-state index in [0.717, 1.165) is 30.1 Å². The first kappa shape index (κ1) is 29.3. The minimum Gasteiger partial charge on any atom is -0.387 e. The molecule has 0 amide bonds. The molecule has 1 saturated heterocycles. The van der Waals surface area contributed by atoms with Crippen LogP contribution in [0.4, 0.5) is 0 Å². The molecule has 5 aliphatic rings. The minimum absolute atomic E-state index is 0.202. The molecule has 0 bridgehead atoms. The smallest absolute Gasteiger partial charge is 0.181 e. The number of fused-ring (bicyclic) bond motifs is 5. The molecule has 1 aromatic rings. The van der Waals surface area contributed by atoms with Gasteiger partial charge in [0.05, 0.1) is 22.4 Å². The lowest BCUT2D eigenvalue weighted by Gasteiger charge is -2.54. The van der Waals surface area contributed by atoms with E-state index in [1.807, 2.05) is 32.0 Å². The van der Waals surface area contributed by atoms with Crippen molar-refractivity contribution in [2.45, 2.75) is 114 Å². The summed E-state index contributed by atoms with van der Waals surface area (Å²) in [5.74, 6) is 4.34. The van der Waals surface area contributed by atoms with Crippen LogP contribution in [0.5, 0.6) is 0 Å². The molecule has 0 aromatic heterocycles. The van der Waals surface area contributed by atoms with Crippen molar-refractivity contribution in [3.8, 4) is 0 Å². The Morgan fingerprint density at radius 1 is 1.03 bits per heavy atom. The number of hydrogen-bond acceptors (Lipinski definition) is 4. The van der Waals surface area contributed by atoms with Crippen molar-refractivity contribution in [2.24, 2.45) is 40.9 Å². The number of aliphatic hydroxyl groups is 1. The van der Waals surface area contributed by atoms with Crippen LogP contribution in [0.15, 0.2) is 46.9 Å². The Hall–Kier alpha value is -1.17. The summed E-state index contributed by atoms with van der Waals surface area (Å²) in [4.78, 5) is 0.391. The van der Waals surface area contributed by atoms with Gasteiger partial charge in [0, 0.05) is 13.0 Å². The molecule has 6 rings (SSSR count). The van der Waals surface area contributed by atoms with Crippen LogP contribution in [0.25, 0.3) is 0 Å². The third-order valence-corrected chi connectivity index (χ3v) is 13.8. The molecular weight excluding hydrogens is 504 g/mol. The van der Waals surface area contributed by atoms with Crippen LogP contribution < -0.4 is 0 Å². The number of rotatable bonds is 6. The molecule has 4 fully saturated rings. The Morgan fingerprint density at radius 2 is 1.79 bits per heavy atom. The maximum atomic E-state index is 14.0. The molecule has 4 aliphatic carbocycles. The fraction of sp³-hybridized carbons (Fsp3) is 0.765. The average molecular weight is 557 g/mol. The van der Waals surface area contributed by atoms with E-state index in [9.17, 15) is 13.5 Å². The van der Waals surface area contributed by atoms with Gasteiger partial charge in [-0.25, -0.2) is 8.42 Å². The van der Waals surface area contributed by atoms with Crippen molar-refractivity contribution in [3.63, 3.8) is 0 Å². The van der Waals surface area contributed by atoms with Gasteiger partial charge in [-0.1, -0.05) is 57.5 Å². The molecule has 9 atom stereocenters. The summed E-state index contributed by atoms with van der Waals surface area (Å²) in [6.45, 7) is 9.66. The molecular formula is C34H52O4S. The van der Waals surface area contributed by atoms with Crippen molar-refractivity contribution in [1.29, 1.82) is 0 Å². The van der Waals surface area contributed by atoms with Gasteiger partial charge in [0.2, 0.25) is 0 Å². The second-order valence-electron chi connectivity index (χ2n) is 13.7. The Morgan fingerprint density at radius 3 is 2.51 bits per heavy atom. The fourth-order valence-corrected chi connectivity index (χ4v) is 11.5. The van der Waals surface area contributed by atoms with Crippen molar-refractivity contribution in [3.05, 3.63) is 42.0 Å². The second kappa shape index (κ2) is 11.6. The predicted octanol–water partition coefficient (Wildman–Crippen LogP) is 7.61. The lowest BCUT2D eigenvalue weighted by atomic mass is 9.51. The molecule has 39 heavy (non-hydrogen) atoms. The van der Waals surface area contributed by atoms with Gasteiger partial charge >= 0.3 is 0 Å². The van der Waals surface area contributed by atoms with Crippen LogP contribution in [0, 0.1) is 40.9 Å². The molecule has 0 radical (unpaired) electrons. The highest BCUT2D eigenvalue weighted by Gasteiger charge is 2.56. The van der Waals surface area contributed by atoms with Gasteiger partial charge in [-0.2, -0.15) is 0 Å². The van der Waals surface area contributed by atoms with E-state index < -0.39 is 20.7 Å². The topological polar surface area (TPSA) is 63.6 Å². The van der Waals surface area contributed by atoms with Crippen molar-refractivity contribution in [1.82, 2.24) is 0 Å². The van der Waals surface area contributed by atoms with Gasteiger partial charge in [-0.15, -0.1) is 0 Å². The molecule has 4 nitrogen and oxygen atoms in total. The molecule has 218 valence electrons. The first-order valence-corrected chi connectivity index (χ1v) is 17.5. The van der Waals surface area contributed by atoms with Crippen LogP contribution >= 0.6 is 0 Å². The number of allylic oxidation sites excluding steroid dienone is 2. The first-order valence-electron chi connectivity index (χ1n) is 16.0. The summed E-state index contributed by atoms with van der Waals surface area (Å²) in [7, 11) is -3.55. The molecule has 3 saturated carbocycles. The number of sulfone groups is 1. The quantitative estimate of drug-likeness (QED) is 0.366. The zero-order chi connectivity index (χ0) is 27.8. The van der Waals surface area contributed by atoms with Crippen LogP contribution in [-0.2, 0) is 14.6 Å². The van der Waals surface area contributed by atoms with Crippen molar-refractivity contribution < 1.29 is 18.3 Å². The van der Waals surface area contributed by atoms with Gasteiger partial charge in [0.1, 0.15) is 0 Å². The van der Waals surface area contributed by atoms with Crippen LogP contribution in [0.3, 0.4) is 0 Å². The standard InChI is InChI=1S/C32H46O4S.C2H6/c1-22-8-11-27-23(18-22)9-12-29-28(27)14-15-31(2)24(10-13-30(29)31)19-26(20-32(33)16-17-36-21-32)37(34,35)25-6-4-3-5-7-25;1-2/h3-7,9,22,24,26-30,33H,8,10-21H2,1-2H3;1-2H3. The van der Waals surface area contributed by atoms with Gasteiger partial charge < -0.3 is 9.84 Å². The first-order chi connectivity index (χ1) is 18.7.